The summed E-state index contributed by atoms with van der Waals surface area (Å²) in [6.07, 6.45) is 1.50. The number of amides is 2. The first kappa shape index (κ1) is 16.6. The van der Waals surface area contributed by atoms with Crippen LogP contribution < -0.4 is 10.1 Å². The summed E-state index contributed by atoms with van der Waals surface area (Å²) in [7, 11) is 1.57. The molecular weight excluding hydrogens is 328 g/mol. The van der Waals surface area contributed by atoms with E-state index in [1.54, 1.807) is 19.2 Å². The molecule has 0 bridgehead atoms. The maximum absolute atomic E-state index is 12.8. The molecular formula is C21H22N2O3. The maximum Gasteiger partial charge on any atom is 0.228 e. The molecule has 4 rings (SSSR count). The van der Waals surface area contributed by atoms with Gasteiger partial charge in [0.2, 0.25) is 11.8 Å². The zero-order valence-electron chi connectivity index (χ0n) is 14.8. The molecule has 5 nitrogen and oxygen atoms in total. The van der Waals surface area contributed by atoms with Crippen molar-refractivity contribution in [2.75, 3.05) is 19.0 Å². The van der Waals surface area contributed by atoms with Crippen LogP contribution in [0.5, 0.6) is 5.75 Å². The van der Waals surface area contributed by atoms with Crippen LogP contribution in [0.15, 0.2) is 48.5 Å². The normalized spacial score (nSPS) is 20.9. The van der Waals surface area contributed by atoms with E-state index in [4.69, 9.17) is 4.74 Å². The molecule has 0 spiro atoms. The fourth-order valence-corrected chi connectivity index (χ4v) is 3.65. The van der Waals surface area contributed by atoms with Crippen molar-refractivity contribution in [2.24, 2.45) is 11.8 Å². The summed E-state index contributed by atoms with van der Waals surface area (Å²) in [6.45, 7) is 1.37. The number of fused-ring (bicyclic) bond motifs is 1. The van der Waals surface area contributed by atoms with Crippen LogP contribution in [0.3, 0.4) is 0 Å². The van der Waals surface area contributed by atoms with E-state index in [9.17, 15) is 9.59 Å². The summed E-state index contributed by atoms with van der Waals surface area (Å²) in [6, 6.07) is 15.5. The molecule has 134 valence electrons. The number of carbonyl (C=O) groups is 2. The summed E-state index contributed by atoms with van der Waals surface area (Å²) in [5.74, 6) is 0.168. The Balaban J connectivity index is 1.38. The zero-order chi connectivity index (χ0) is 18.1. The van der Waals surface area contributed by atoms with Crippen molar-refractivity contribution in [3.05, 3.63) is 59.7 Å². The summed E-state index contributed by atoms with van der Waals surface area (Å²) in [5.41, 5.74) is 3.17. The van der Waals surface area contributed by atoms with Crippen LogP contribution in [-0.2, 0) is 22.6 Å². The van der Waals surface area contributed by atoms with Crippen molar-refractivity contribution in [1.29, 1.82) is 0 Å². The van der Waals surface area contributed by atoms with Gasteiger partial charge in [0, 0.05) is 13.1 Å². The van der Waals surface area contributed by atoms with Gasteiger partial charge in [-0.3, -0.25) is 9.59 Å². The first-order chi connectivity index (χ1) is 12.7. The van der Waals surface area contributed by atoms with E-state index in [1.165, 1.54) is 11.1 Å². The molecule has 2 unspecified atom stereocenters. The third-order valence-electron chi connectivity index (χ3n) is 5.25. The molecule has 0 aromatic heterocycles. The smallest absolute Gasteiger partial charge is 0.228 e. The van der Waals surface area contributed by atoms with Crippen LogP contribution in [-0.4, -0.2) is 30.4 Å². The van der Waals surface area contributed by atoms with E-state index in [0.717, 1.165) is 13.0 Å². The van der Waals surface area contributed by atoms with Gasteiger partial charge < -0.3 is 15.0 Å². The summed E-state index contributed by atoms with van der Waals surface area (Å²) < 4.78 is 5.26. The Kier molecular flexibility index (Phi) is 4.37. The van der Waals surface area contributed by atoms with E-state index in [0.29, 0.717) is 24.4 Å². The van der Waals surface area contributed by atoms with Gasteiger partial charge in [0.25, 0.3) is 0 Å². The van der Waals surface area contributed by atoms with Crippen LogP contribution in [0, 0.1) is 11.8 Å². The van der Waals surface area contributed by atoms with Crippen LogP contribution in [0.4, 0.5) is 5.69 Å². The van der Waals surface area contributed by atoms with E-state index >= 15 is 0 Å². The molecule has 2 aromatic carbocycles. The Morgan fingerprint density at radius 3 is 2.58 bits per heavy atom. The summed E-state index contributed by atoms with van der Waals surface area (Å²) in [4.78, 5) is 27.2. The van der Waals surface area contributed by atoms with Crippen LogP contribution in [0.25, 0.3) is 0 Å². The van der Waals surface area contributed by atoms with Crippen LogP contribution in [0.1, 0.15) is 17.5 Å². The van der Waals surface area contributed by atoms with Crippen molar-refractivity contribution in [1.82, 2.24) is 4.90 Å². The molecule has 2 atom stereocenters. The molecule has 1 aliphatic carbocycles. The number of para-hydroxylation sites is 2. The van der Waals surface area contributed by atoms with E-state index in [2.05, 4.69) is 17.4 Å². The Labute approximate surface area is 153 Å². The predicted octanol–water partition coefficient (Wildman–Crippen LogP) is 2.85. The van der Waals surface area contributed by atoms with Crippen molar-refractivity contribution in [2.45, 2.75) is 19.4 Å². The van der Waals surface area contributed by atoms with E-state index in [1.807, 2.05) is 29.2 Å². The highest BCUT2D eigenvalue weighted by Crippen LogP contribution is 2.42. The van der Waals surface area contributed by atoms with Crippen molar-refractivity contribution >= 4 is 17.5 Å². The largest absolute Gasteiger partial charge is 0.495 e. The number of carbonyl (C=O) groups excluding carboxylic acids is 2. The van der Waals surface area contributed by atoms with Gasteiger partial charge in [-0.25, -0.2) is 0 Å². The number of hydrogen-bond donors (Lipinski definition) is 1. The molecule has 2 aliphatic rings. The van der Waals surface area contributed by atoms with Crippen LogP contribution >= 0.6 is 0 Å². The molecule has 2 aromatic rings. The molecule has 2 amide bonds. The third-order valence-corrected chi connectivity index (χ3v) is 5.25. The lowest BCUT2D eigenvalue weighted by atomic mass is 9.99. The predicted molar refractivity (Wildman–Crippen MR) is 98.8 cm³/mol. The number of nitrogens with zero attached hydrogens (tertiary/aromatic N) is 1. The highest BCUT2D eigenvalue weighted by Gasteiger charge is 2.49. The standard InChI is InChI=1S/C21H22N2O3/c1-26-19-9-5-4-8-18(19)22-20(24)16-12-17(16)21(25)23-11-10-14-6-2-3-7-15(14)13-23/h2-9,16-17H,10-13H2,1H3,(H,22,24). The zero-order valence-corrected chi connectivity index (χ0v) is 14.8. The fourth-order valence-electron chi connectivity index (χ4n) is 3.65. The Bertz CT molecular complexity index is 849. The van der Waals surface area contributed by atoms with Gasteiger partial charge in [-0.15, -0.1) is 0 Å². The number of anilines is 1. The molecule has 0 radical (unpaired) electrons. The monoisotopic (exact) mass is 350 g/mol. The lowest BCUT2D eigenvalue weighted by Crippen LogP contribution is -2.37. The van der Waals surface area contributed by atoms with Gasteiger partial charge in [-0.05, 0) is 36.1 Å². The molecule has 1 saturated carbocycles. The highest BCUT2D eigenvalue weighted by molar-refractivity contribution is 6.00. The maximum atomic E-state index is 12.8. The van der Waals surface area contributed by atoms with Crippen molar-refractivity contribution in [3.63, 3.8) is 0 Å². The highest BCUT2D eigenvalue weighted by atomic mass is 16.5. The molecule has 1 fully saturated rings. The summed E-state index contributed by atoms with van der Waals surface area (Å²) >= 11 is 0. The van der Waals surface area contributed by atoms with Gasteiger partial charge in [0.05, 0.1) is 24.6 Å². The Morgan fingerprint density at radius 2 is 1.77 bits per heavy atom. The summed E-state index contributed by atoms with van der Waals surface area (Å²) in [5, 5.41) is 2.89. The average molecular weight is 350 g/mol. The van der Waals surface area contributed by atoms with Gasteiger partial charge >= 0.3 is 0 Å². The lowest BCUT2D eigenvalue weighted by molar-refractivity contribution is -0.135. The van der Waals surface area contributed by atoms with Gasteiger partial charge in [0.15, 0.2) is 0 Å². The molecule has 1 aliphatic heterocycles. The lowest BCUT2D eigenvalue weighted by Gasteiger charge is -2.29. The second-order valence-electron chi connectivity index (χ2n) is 6.92. The van der Waals surface area contributed by atoms with Crippen molar-refractivity contribution < 1.29 is 14.3 Å². The van der Waals surface area contributed by atoms with Gasteiger partial charge in [-0.2, -0.15) is 0 Å². The van der Waals surface area contributed by atoms with E-state index < -0.39 is 0 Å². The topological polar surface area (TPSA) is 58.6 Å². The third kappa shape index (κ3) is 3.17. The number of methoxy groups -OCH3 is 1. The first-order valence-corrected chi connectivity index (χ1v) is 8.97. The van der Waals surface area contributed by atoms with Gasteiger partial charge in [-0.1, -0.05) is 36.4 Å². The second kappa shape index (κ2) is 6.83. The molecule has 1 N–H and O–H groups in total. The molecule has 1 heterocycles. The number of nitrogens with one attached hydrogen (secondary N) is 1. The average Bonchev–Trinajstić information content (AvgIpc) is 3.48. The number of benzene rings is 2. The van der Waals surface area contributed by atoms with Crippen LogP contribution in [0.2, 0.25) is 0 Å². The minimum Gasteiger partial charge on any atom is -0.495 e. The van der Waals surface area contributed by atoms with Crippen molar-refractivity contribution in [3.8, 4) is 5.75 Å². The van der Waals surface area contributed by atoms with Gasteiger partial charge in [0.1, 0.15) is 5.75 Å². The minimum absolute atomic E-state index is 0.0969. The second-order valence-corrected chi connectivity index (χ2v) is 6.92. The first-order valence-electron chi connectivity index (χ1n) is 8.97. The molecule has 0 saturated heterocycles. The molecule has 26 heavy (non-hydrogen) atoms. The number of ether oxygens (including phenoxy) is 1. The molecule has 5 heteroatoms. The Morgan fingerprint density at radius 1 is 1.04 bits per heavy atom. The number of rotatable bonds is 4. The fraction of sp³-hybridized carbons (Fsp3) is 0.333. The number of hydrogen-bond acceptors (Lipinski definition) is 3. The SMILES string of the molecule is COc1ccccc1NC(=O)C1CC1C(=O)N1CCc2ccccc2C1. The van der Waals surface area contributed by atoms with E-state index in [-0.39, 0.29) is 23.7 Å². The minimum atomic E-state index is -0.246. The Hall–Kier alpha value is -2.82. The quantitative estimate of drug-likeness (QED) is 0.922.